The number of carbonyl (C=O) groups excluding carboxylic acids is 2. The van der Waals surface area contributed by atoms with Crippen LogP contribution in [-0.4, -0.2) is 25.0 Å². The average molecular weight is 368 g/mol. The number of rotatable bonds is 7. The summed E-state index contributed by atoms with van der Waals surface area (Å²) in [5, 5.41) is 9.63. The lowest BCUT2D eigenvalue weighted by Gasteiger charge is -2.08. The average Bonchev–Trinajstić information content (AvgIpc) is 3.10. The van der Waals surface area contributed by atoms with E-state index >= 15 is 0 Å². The zero-order valence-electron chi connectivity index (χ0n) is 14.5. The molecule has 1 heterocycles. The Morgan fingerprint density at radius 3 is 2.69 bits per heavy atom. The van der Waals surface area contributed by atoms with Gasteiger partial charge in [-0.05, 0) is 41.3 Å². The minimum atomic E-state index is -0.220. The summed E-state index contributed by atoms with van der Waals surface area (Å²) in [6.45, 7) is 2.64. The van der Waals surface area contributed by atoms with E-state index in [9.17, 15) is 9.59 Å². The first-order chi connectivity index (χ1) is 12.7. The molecule has 0 radical (unpaired) electrons. The van der Waals surface area contributed by atoms with Gasteiger partial charge in [0.25, 0.3) is 5.91 Å². The van der Waals surface area contributed by atoms with Crippen molar-refractivity contribution >= 4 is 39.6 Å². The standard InChI is InChI=1S/C20H20N2O3S/c1-2-25-17-10-12-26-19(17)20(24)21-11-9-18(23)22-16-8-7-14-5-3-4-6-15(14)13-16/h3-8,10,12-13H,2,9,11H2,1H3,(H,21,24)(H,22,23). The Morgan fingerprint density at radius 1 is 1.08 bits per heavy atom. The Balaban J connectivity index is 1.50. The lowest BCUT2D eigenvalue weighted by Crippen LogP contribution is -2.27. The Labute approximate surface area is 156 Å². The summed E-state index contributed by atoms with van der Waals surface area (Å²) in [6.07, 6.45) is 0.202. The van der Waals surface area contributed by atoms with Crippen LogP contribution in [0.2, 0.25) is 0 Å². The molecule has 0 bridgehead atoms. The van der Waals surface area contributed by atoms with Gasteiger partial charge in [-0.1, -0.05) is 30.3 Å². The van der Waals surface area contributed by atoms with Crippen molar-refractivity contribution in [2.75, 3.05) is 18.5 Å². The molecule has 1 aromatic heterocycles. The number of ether oxygens (including phenoxy) is 1. The van der Waals surface area contributed by atoms with Crippen molar-refractivity contribution in [3.63, 3.8) is 0 Å². The van der Waals surface area contributed by atoms with E-state index in [2.05, 4.69) is 10.6 Å². The molecule has 6 heteroatoms. The van der Waals surface area contributed by atoms with Gasteiger partial charge in [0.05, 0.1) is 6.61 Å². The maximum Gasteiger partial charge on any atom is 0.265 e. The zero-order chi connectivity index (χ0) is 18.4. The minimum Gasteiger partial charge on any atom is -0.492 e. The molecule has 5 nitrogen and oxygen atoms in total. The summed E-state index contributed by atoms with van der Waals surface area (Å²) in [4.78, 5) is 24.8. The monoisotopic (exact) mass is 368 g/mol. The number of hydrogen-bond acceptors (Lipinski definition) is 4. The van der Waals surface area contributed by atoms with Crippen LogP contribution in [0.4, 0.5) is 5.69 Å². The van der Waals surface area contributed by atoms with Crippen molar-refractivity contribution in [1.29, 1.82) is 0 Å². The van der Waals surface area contributed by atoms with Crippen molar-refractivity contribution in [2.24, 2.45) is 0 Å². The molecular formula is C20H20N2O3S. The maximum atomic E-state index is 12.2. The predicted octanol–water partition coefficient (Wildman–Crippen LogP) is 4.06. The summed E-state index contributed by atoms with van der Waals surface area (Å²) < 4.78 is 5.41. The SMILES string of the molecule is CCOc1ccsc1C(=O)NCCC(=O)Nc1ccc2ccccc2c1. The quantitative estimate of drug-likeness (QED) is 0.661. The van der Waals surface area contributed by atoms with E-state index in [-0.39, 0.29) is 24.8 Å². The third-order valence-electron chi connectivity index (χ3n) is 3.81. The van der Waals surface area contributed by atoms with Crippen LogP contribution < -0.4 is 15.4 Å². The second-order valence-electron chi connectivity index (χ2n) is 5.66. The summed E-state index contributed by atoms with van der Waals surface area (Å²) >= 11 is 1.32. The molecule has 3 rings (SSSR count). The number of anilines is 1. The Kier molecular flexibility index (Phi) is 5.86. The van der Waals surface area contributed by atoms with E-state index in [1.165, 1.54) is 11.3 Å². The van der Waals surface area contributed by atoms with Crippen LogP contribution in [0.1, 0.15) is 23.0 Å². The fraction of sp³-hybridized carbons (Fsp3) is 0.200. The first-order valence-corrected chi connectivity index (χ1v) is 9.32. The largest absolute Gasteiger partial charge is 0.492 e. The van der Waals surface area contributed by atoms with E-state index in [0.29, 0.717) is 17.2 Å². The van der Waals surface area contributed by atoms with Crippen LogP contribution in [0.15, 0.2) is 53.9 Å². The molecule has 2 N–H and O–H groups in total. The van der Waals surface area contributed by atoms with Gasteiger partial charge in [0.2, 0.25) is 5.91 Å². The number of thiophene rings is 1. The molecule has 0 unspecified atom stereocenters. The number of carbonyl (C=O) groups is 2. The van der Waals surface area contributed by atoms with Crippen molar-refractivity contribution in [1.82, 2.24) is 5.32 Å². The molecule has 0 atom stereocenters. The predicted molar refractivity (Wildman–Crippen MR) is 105 cm³/mol. The van der Waals surface area contributed by atoms with Crippen LogP contribution in [0.25, 0.3) is 10.8 Å². The van der Waals surface area contributed by atoms with Gasteiger partial charge in [0, 0.05) is 18.7 Å². The lowest BCUT2D eigenvalue weighted by atomic mass is 10.1. The fourth-order valence-electron chi connectivity index (χ4n) is 2.59. The number of hydrogen-bond donors (Lipinski definition) is 2. The smallest absolute Gasteiger partial charge is 0.265 e. The van der Waals surface area contributed by atoms with Crippen molar-refractivity contribution in [3.05, 3.63) is 58.8 Å². The highest BCUT2D eigenvalue weighted by Gasteiger charge is 2.14. The van der Waals surface area contributed by atoms with Crippen molar-refractivity contribution < 1.29 is 14.3 Å². The van der Waals surface area contributed by atoms with Crippen molar-refractivity contribution in [2.45, 2.75) is 13.3 Å². The molecule has 2 aromatic carbocycles. The number of amides is 2. The van der Waals surface area contributed by atoms with Gasteiger partial charge in [-0.15, -0.1) is 11.3 Å². The molecule has 0 saturated carbocycles. The van der Waals surface area contributed by atoms with E-state index in [4.69, 9.17) is 4.74 Å². The molecule has 0 aliphatic rings. The molecule has 0 saturated heterocycles. The summed E-state index contributed by atoms with van der Waals surface area (Å²) in [7, 11) is 0. The lowest BCUT2D eigenvalue weighted by molar-refractivity contribution is -0.116. The molecule has 3 aromatic rings. The van der Waals surface area contributed by atoms with Crippen LogP contribution in [-0.2, 0) is 4.79 Å². The van der Waals surface area contributed by atoms with Crippen LogP contribution in [0.5, 0.6) is 5.75 Å². The zero-order valence-corrected chi connectivity index (χ0v) is 15.3. The first-order valence-electron chi connectivity index (χ1n) is 8.44. The highest BCUT2D eigenvalue weighted by molar-refractivity contribution is 7.12. The maximum absolute atomic E-state index is 12.2. The topological polar surface area (TPSA) is 67.4 Å². The fourth-order valence-corrected chi connectivity index (χ4v) is 3.34. The van der Waals surface area contributed by atoms with Gasteiger partial charge in [-0.25, -0.2) is 0 Å². The highest BCUT2D eigenvalue weighted by atomic mass is 32.1. The van der Waals surface area contributed by atoms with Gasteiger partial charge in [-0.3, -0.25) is 9.59 Å². The van der Waals surface area contributed by atoms with Gasteiger partial charge >= 0.3 is 0 Å². The second-order valence-corrected chi connectivity index (χ2v) is 6.58. The van der Waals surface area contributed by atoms with Gasteiger partial charge in [0.15, 0.2) is 0 Å². The first kappa shape index (κ1) is 17.9. The Hall–Kier alpha value is -2.86. The molecule has 2 amide bonds. The van der Waals surface area contributed by atoms with Crippen LogP contribution in [0, 0.1) is 0 Å². The third-order valence-corrected chi connectivity index (χ3v) is 4.70. The number of fused-ring (bicyclic) bond motifs is 1. The Morgan fingerprint density at radius 2 is 1.88 bits per heavy atom. The minimum absolute atomic E-state index is 0.142. The van der Waals surface area contributed by atoms with Gasteiger partial charge < -0.3 is 15.4 Å². The number of nitrogens with one attached hydrogen (secondary N) is 2. The summed E-state index contributed by atoms with van der Waals surface area (Å²) in [5.74, 6) is 0.217. The third kappa shape index (κ3) is 4.40. The molecule has 0 aliphatic carbocycles. The highest BCUT2D eigenvalue weighted by Crippen LogP contribution is 2.24. The van der Waals surface area contributed by atoms with E-state index < -0.39 is 0 Å². The molecule has 0 fully saturated rings. The van der Waals surface area contributed by atoms with E-state index in [1.807, 2.05) is 54.8 Å². The second kappa shape index (κ2) is 8.49. The summed E-state index contributed by atoms with van der Waals surface area (Å²) in [6, 6.07) is 15.5. The molecule has 0 aliphatic heterocycles. The van der Waals surface area contributed by atoms with Gasteiger partial charge in [-0.2, -0.15) is 0 Å². The number of benzene rings is 2. The van der Waals surface area contributed by atoms with Crippen molar-refractivity contribution in [3.8, 4) is 5.75 Å². The molecular weight excluding hydrogens is 348 g/mol. The molecule has 134 valence electrons. The summed E-state index contributed by atoms with van der Waals surface area (Å²) in [5.41, 5.74) is 0.747. The van der Waals surface area contributed by atoms with E-state index in [1.54, 1.807) is 6.07 Å². The Bertz CT molecular complexity index is 920. The molecule has 0 spiro atoms. The van der Waals surface area contributed by atoms with Gasteiger partial charge in [0.1, 0.15) is 10.6 Å². The normalized spacial score (nSPS) is 10.5. The van der Waals surface area contributed by atoms with Crippen LogP contribution in [0.3, 0.4) is 0 Å². The van der Waals surface area contributed by atoms with Crippen LogP contribution >= 0.6 is 11.3 Å². The molecule has 26 heavy (non-hydrogen) atoms. The van der Waals surface area contributed by atoms with E-state index in [0.717, 1.165) is 16.5 Å².